The molecule has 0 unspecified atom stereocenters. The zero-order valence-electron chi connectivity index (χ0n) is 14.3. The van der Waals surface area contributed by atoms with Crippen LogP contribution in [-0.2, 0) is 0 Å². The van der Waals surface area contributed by atoms with Crippen LogP contribution < -0.4 is 10.6 Å². The molecule has 1 saturated carbocycles. The molecule has 0 saturated heterocycles. The fourth-order valence-corrected chi connectivity index (χ4v) is 2.53. The molecule has 1 aliphatic rings. The number of carbonyl (C=O) groups is 1. The second-order valence-electron chi connectivity index (χ2n) is 6.23. The Morgan fingerprint density at radius 2 is 2.19 bits per heavy atom. The molecule has 0 aliphatic heterocycles. The van der Waals surface area contributed by atoms with E-state index in [1.807, 2.05) is 19.2 Å². The Labute approximate surface area is 149 Å². The first kappa shape index (κ1) is 16.2. The van der Waals surface area contributed by atoms with Gasteiger partial charge in [0.25, 0.3) is 5.91 Å². The molecule has 3 aromatic heterocycles. The van der Waals surface area contributed by atoms with Gasteiger partial charge in [0, 0.05) is 37.3 Å². The van der Waals surface area contributed by atoms with Gasteiger partial charge in [-0.15, -0.1) is 0 Å². The van der Waals surface area contributed by atoms with E-state index in [2.05, 4.69) is 30.9 Å². The summed E-state index contributed by atoms with van der Waals surface area (Å²) in [5.74, 6) is 2.34. The predicted molar refractivity (Wildman–Crippen MR) is 93.2 cm³/mol. The van der Waals surface area contributed by atoms with Crippen LogP contribution >= 0.6 is 0 Å². The molecular weight excluding hydrogens is 334 g/mol. The van der Waals surface area contributed by atoms with Crippen molar-refractivity contribution in [3.8, 4) is 5.82 Å². The van der Waals surface area contributed by atoms with Gasteiger partial charge in [-0.3, -0.25) is 4.79 Å². The zero-order chi connectivity index (χ0) is 17.9. The van der Waals surface area contributed by atoms with E-state index in [-0.39, 0.29) is 5.91 Å². The number of carbonyl (C=O) groups excluding carboxylic acids is 1. The van der Waals surface area contributed by atoms with Crippen molar-refractivity contribution in [3.05, 3.63) is 47.9 Å². The first-order valence-electron chi connectivity index (χ1n) is 8.52. The fraction of sp³-hybridized carbons (Fsp3) is 0.353. The van der Waals surface area contributed by atoms with Gasteiger partial charge < -0.3 is 15.2 Å². The zero-order valence-corrected chi connectivity index (χ0v) is 14.3. The van der Waals surface area contributed by atoms with Gasteiger partial charge in [-0.25, -0.2) is 14.6 Å². The van der Waals surface area contributed by atoms with E-state index in [9.17, 15) is 4.79 Å². The Hall–Kier alpha value is -3.23. The van der Waals surface area contributed by atoms with Crippen LogP contribution in [0.1, 0.15) is 40.7 Å². The normalized spacial score (nSPS) is 13.6. The van der Waals surface area contributed by atoms with E-state index in [1.54, 1.807) is 16.8 Å². The van der Waals surface area contributed by atoms with Gasteiger partial charge in [-0.1, -0.05) is 5.16 Å². The number of anilines is 1. The smallest absolute Gasteiger partial charge is 0.273 e. The Morgan fingerprint density at radius 1 is 1.31 bits per heavy atom. The topological polar surface area (TPSA) is 111 Å². The van der Waals surface area contributed by atoms with Crippen LogP contribution in [-0.4, -0.2) is 43.9 Å². The molecule has 4 rings (SSSR count). The van der Waals surface area contributed by atoms with Crippen LogP contribution in [0.5, 0.6) is 0 Å². The second-order valence-corrected chi connectivity index (χ2v) is 6.23. The maximum Gasteiger partial charge on any atom is 0.273 e. The third-order valence-electron chi connectivity index (χ3n) is 4.07. The highest BCUT2D eigenvalue weighted by atomic mass is 16.5. The molecule has 134 valence electrons. The molecule has 0 radical (unpaired) electrons. The molecule has 0 aromatic carbocycles. The van der Waals surface area contributed by atoms with Crippen LogP contribution in [0, 0.1) is 6.92 Å². The Balaban J connectivity index is 1.27. The highest BCUT2D eigenvalue weighted by molar-refractivity contribution is 5.92. The highest BCUT2D eigenvalue weighted by Crippen LogP contribution is 2.40. The van der Waals surface area contributed by atoms with E-state index in [0.29, 0.717) is 36.3 Å². The van der Waals surface area contributed by atoms with Crippen molar-refractivity contribution in [2.75, 3.05) is 18.4 Å². The van der Waals surface area contributed by atoms with Gasteiger partial charge in [-0.05, 0) is 25.8 Å². The Bertz CT molecular complexity index is 913. The fourth-order valence-electron chi connectivity index (χ4n) is 2.53. The summed E-state index contributed by atoms with van der Waals surface area (Å²) in [7, 11) is 0. The van der Waals surface area contributed by atoms with Crippen molar-refractivity contribution in [1.29, 1.82) is 0 Å². The summed E-state index contributed by atoms with van der Waals surface area (Å²) < 4.78 is 6.88. The predicted octanol–water partition coefficient (Wildman–Crippen LogP) is 1.68. The summed E-state index contributed by atoms with van der Waals surface area (Å²) in [4.78, 5) is 20.4. The van der Waals surface area contributed by atoms with E-state index in [4.69, 9.17) is 4.52 Å². The molecule has 1 aliphatic carbocycles. The third-order valence-corrected chi connectivity index (χ3v) is 4.07. The molecule has 0 bridgehead atoms. The summed E-state index contributed by atoms with van der Waals surface area (Å²) in [6.07, 6.45) is 5.54. The Morgan fingerprint density at radius 3 is 2.96 bits per heavy atom. The van der Waals surface area contributed by atoms with Crippen molar-refractivity contribution >= 4 is 11.7 Å². The van der Waals surface area contributed by atoms with Crippen LogP contribution in [0.2, 0.25) is 0 Å². The first-order chi connectivity index (χ1) is 12.7. The van der Waals surface area contributed by atoms with Crippen molar-refractivity contribution in [1.82, 2.24) is 30.2 Å². The number of aryl methyl sites for hydroxylation is 1. The van der Waals surface area contributed by atoms with E-state index in [0.717, 1.165) is 24.3 Å². The average Bonchev–Trinajstić information content (AvgIpc) is 3.21. The number of hydrogen-bond donors (Lipinski definition) is 2. The molecule has 1 amide bonds. The molecule has 9 heteroatoms. The van der Waals surface area contributed by atoms with Gasteiger partial charge in [-0.2, -0.15) is 5.10 Å². The van der Waals surface area contributed by atoms with Crippen molar-refractivity contribution < 1.29 is 9.32 Å². The largest absolute Gasteiger partial charge is 0.368 e. The van der Waals surface area contributed by atoms with Crippen LogP contribution in [0.25, 0.3) is 5.82 Å². The number of hydrogen-bond acceptors (Lipinski definition) is 7. The molecule has 9 nitrogen and oxygen atoms in total. The van der Waals surface area contributed by atoms with E-state index < -0.39 is 0 Å². The minimum atomic E-state index is -0.238. The Kier molecular flexibility index (Phi) is 4.34. The van der Waals surface area contributed by atoms with Crippen molar-refractivity contribution in [3.63, 3.8) is 0 Å². The molecule has 3 heterocycles. The molecule has 2 N–H and O–H groups in total. The summed E-state index contributed by atoms with van der Waals surface area (Å²) in [5.41, 5.74) is 1.24. The van der Waals surface area contributed by atoms with Crippen LogP contribution in [0.3, 0.4) is 0 Å². The number of nitrogens with one attached hydrogen (secondary N) is 2. The van der Waals surface area contributed by atoms with Gasteiger partial charge in [0.05, 0.1) is 5.69 Å². The summed E-state index contributed by atoms with van der Waals surface area (Å²) in [6, 6.07) is 5.43. The monoisotopic (exact) mass is 353 g/mol. The minimum Gasteiger partial charge on any atom is -0.368 e. The van der Waals surface area contributed by atoms with E-state index in [1.165, 1.54) is 6.33 Å². The summed E-state index contributed by atoms with van der Waals surface area (Å²) in [6.45, 7) is 2.88. The van der Waals surface area contributed by atoms with Crippen LogP contribution in [0.4, 0.5) is 5.82 Å². The van der Waals surface area contributed by atoms with Crippen LogP contribution in [0.15, 0.2) is 35.2 Å². The summed E-state index contributed by atoms with van der Waals surface area (Å²) >= 11 is 0. The molecular formula is C17H19N7O2. The van der Waals surface area contributed by atoms with Gasteiger partial charge in [0.1, 0.15) is 17.9 Å². The first-order valence-corrected chi connectivity index (χ1v) is 8.52. The lowest BCUT2D eigenvalue weighted by molar-refractivity contribution is 0.0946. The molecule has 0 spiro atoms. The van der Waals surface area contributed by atoms with E-state index >= 15 is 0 Å². The lowest BCUT2D eigenvalue weighted by Gasteiger charge is -2.07. The molecule has 26 heavy (non-hydrogen) atoms. The SMILES string of the molecule is Cc1ccn(-c2cc(NCCNC(=O)c3cc(C4CC4)on3)ncn2)n1. The lowest BCUT2D eigenvalue weighted by atomic mass is 10.3. The minimum absolute atomic E-state index is 0.238. The third kappa shape index (κ3) is 3.71. The number of amides is 1. The summed E-state index contributed by atoms with van der Waals surface area (Å²) in [5, 5.41) is 14.1. The lowest BCUT2D eigenvalue weighted by Crippen LogP contribution is -2.29. The molecule has 1 fully saturated rings. The standard InChI is InChI=1S/C17H19N7O2/c1-11-4-7-24(22-11)16-9-15(20-10-21-16)18-5-6-19-17(25)13-8-14(26-23-13)12-2-3-12/h4,7-10,12H,2-3,5-6H2,1H3,(H,19,25)(H,18,20,21). The maximum atomic E-state index is 12.1. The maximum absolute atomic E-state index is 12.1. The van der Waals surface area contributed by atoms with Crippen molar-refractivity contribution in [2.24, 2.45) is 0 Å². The van der Waals surface area contributed by atoms with Gasteiger partial charge >= 0.3 is 0 Å². The van der Waals surface area contributed by atoms with Gasteiger partial charge in [0.15, 0.2) is 11.5 Å². The number of aromatic nitrogens is 5. The second kappa shape index (κ2) is 6.95. The highest BCUT2D eigenvalue weighted by Gasteiger charge is 2.28. The average molecular weight is 353 g/mol. The quantitative estimate of drug-likeness (QED) is 0.622. The molecule has 0 atom stereocenters. The molecule has 3 aromatic rings. The number of nitrogens with zero attached hydrogens (tertiary/aromatic N) is 5. The van der Waals surface area contributed by atoms with Gasteiger partial charge in [0.2, 0.25) is 0 Å². The number of rotatable bonds is 7. The van der Waals surface area contributed by atoms with Crippen molar-refractivity contribution in [2.45, 2.75) is 25.7 Å².